The number of carbonyl (C=O) groups excluding carboxylic acids is 1. The first-order valence-electron chi connectivity index (χ1n) is 12.4. The van der Waals surface area contributed by atoms with Crippen LogP contribution in [0.1, 0.15) is 71.6 Å². The third-order valence-corrected chi connectivity index (χ3v) is 8.20. The van der Waals surface area contributed by atoms with Crippen molar-refractivity contribution in [3.8, 4) is 0 Å². The molecule has 0 aromatic heterocycles. The first kappa shape index (κ1) is 21.7. The van der Waals surface area contributed by atoms with E-state index in [4.69, 9.17) is 0 Å². The molecule has 4 nitrogen and oxygen atoms in total. The third-order valence-electron chi connectivity index (χ3n) is 8.20. The van der Waals surface area contributed by atoms with E-state index in [1.807, 2.05) is 0 Å². The lowest BCUT2D eigenvalue weighted by atomic mass is 9.79. The Labute approximate surface area is 183 Å². The number of likely N-dealkylation sites (tertiary alicyclic amines) is 1. The molecule has 2 saturated heterocycles. The van der Waals surface area contributed by atoms with E-state index in [1.165, 1.54) is 57.2 Å². The van der Waals surface area contributed by atoms with E-state index in [0.29, 0.717) is 0 Å². The molecule has 2 aliphatic heterocycles. The Morgan fingerprint density at radius 2 is 1.83 bits per heavy atom. The molecule has 30 heavy (non-hydrogen) atoms. The van der Waals surface area contributed by atoms with Gasteiger partial charge in [0.2, 0.25) is 5.91 Å². The number of hydrogen-bond acceptors (Lipinski definition) is 3. The average Bonchev–Trinajstić information content (AvgIpc) is 3.20. The highest BCUT2D eigenvalue weighted by atomic mass is 16.1. The fourth-order valence-corrected chi connectivity index (χ4v) is 6.35. The Balaban J connectivity index is 1.29. The maximum atomic E-state index is 12.8. The van der Waals surface area contributed by atoms with Gasteiger partial charge in [-0.1, -0.05) is 32.6 Å². The fraction of sp³-hybridized carbons (Fsp3) is 0.731. The number of nitrogens with one attached hydrogen (secondary N) is 1. The SMILES string of the molecule is CCCCCC1CCC(C(=O)Nc2ccc(N3CCC4CN(C)C[C@]43C)cc2)CC1. The Bertz CT molecular complexity index is 709. The molecule has 0 spiro atoms. The zero-order chi connectivity index (χ0) is 21.1. The van der Waals surface area contributed by atoms with Gasteiger partial charge in [-0.05, 0) is 82.2 Å². The predicted molar refractivity (Wildman–Crippen MR) is 126 cm³/mol. The van der Waals surface area contributed by atoms with Gasteiger partial charge < -0.3 is 15.1 Å². The lowest BCUT2D eigenvalue weighted by Gasteiger charge is -2.37. The monoisotopic (exact) mass is 411 g/mol. The lowest BCUT2D eigenvalue weighted by molar-refractivity contribution is -0.121. The number of unbranched alkanes of at least 4 members (excludes halogenated alkanes) is 2. The van der Waals surface area contributed by atoms with Crippen molar-refractivity contribution in [2.75, 3.05) is 36.9 Å². The number of fused-ring (bicyclic) bond motifs is 1. The van der Waals surface area contributed by atoms with Crippen LogP contribution in [0.3, 0.4) is 0 Å². The molecule has 1 aromatic carbocycles. The van der Waals surface area contributed by atoms with Crippen LogP contribution in [-0.2, 0) is 4.79 Å². The number of amides is 1. The molecule has 0 bridgehead atoms. The fourth-order valence-electron chi connectivity index (χ4n) is 6.35. The minimum atomic E-state index is 0.194. The molecule has 1 amide bonds. The van der Waals surface area contributed by atoms with E-state index in [0.717, 1.165) is 43.5 Å². The Morgan fingerprint density at radius 1 is 1.10 bits per heavy atom. The van der Waals surface area contributed by atoms with Crippen LogP contribution in [0.15, 0.2) is 24.3 Å². The number of hydrogen-bond donors (Lipinski definition) is 1. The first-order valence-corrected chi connectivity index (χ1v) is 12.4. The van der Waals surface area contributed by atoms with Crippen LogP contribution in [0.2, 0.25) is 0 Å². The number of carbonyl (C=O) groups is 1. The van der Waals surface area contributed by atoms with Crippen LogP contribution in [0, 0.1) is 17.8 Å². The van der Waals surface area contributed by atoms with Gasteiger partial charge in [0.05, 0.1) is 5.54 Å². The minimum Gasteiger partial charge on any atom is -0.364 e. The quantitative estimate of drug-likeness (QED) is 0.598. The summed E-state index contributed by atoms with van der Waals surface area (Å²) in [4.78, 5) is 17.8. The molecule has 4 rings (SSSR count). The molecular formula is C26H41N3O. The van der Waals surface area contributed by atoms with Crippen molar-refractivity contribution < 1.29 is 4.79 Å². The Kier molecular flexibility index (Phi) is 6.72. The second-order valence-electron chi connectivity index (χ2n) is 10.4. The molecule has 4 heteroatoms. The topological polar surface area (TPSA) is 35.6 Å². The molecule has 166 valence electrons. The number of likely N-dealkylation sites (N-methyl/N-ethyl adjacent to an activating group) is 1. The summed E-state index contributed by atoms with van der Waals surface area (Å²) in [6.45, 7) is 8.17. The molecule has 0 radical (unpaired) electrons. The van der Waals surface area contributed by atoms with Crippen molar-refractivity contribution in [3.63, 3.8) is 0 Å². The van der Waals surface area contributed by atoms with Gasteiger partial charge in [0, 0.05) is 36.9 Å². The summed E-state index contributed by atoms with van der Waals surface area (Å²) in [6.07, 6.45) is 11.2. The van der Waals surface area contributed by atoms with Gasteiger partial charge in [-0.2, -0.15) is 0 Å². The third kappa shape index (κ3) is 4.54. The number of benzene rings is 1. The summed E-state index contributed by atoms with van der Waals surface area (Å²) in [5.41, 5.74) is 2.48. The number of anilines is 2. The van der Waals surface area contributed by atoms with E-state index < -0.39 is 0 Å². The van der Waals surface area contributed by atoms with Gasteiger partial charge in [0.25, 0.3) is 0 Å². The van der Waals surface area contributed by atoms with Crippen LogP contribution < -0.4 is 10.2 Å². The van der Waals surface area contributed by atoms with Crippen molar-refractivity contribution in [1.29, 1.82) is 0 Å². The van der Waals surface area contributed by atoms with Crippen LogP contribution in [0.25, 0.3) is 0 Å². The Morgan fingerprint density at radius 3 is 2.53 bits per heavy atom. The smallest absolute Gasteiger partial charge is 0.227 e. The summed E-state index contributed by atoms with van der Waals surface area (Å²) in [7, 11) is 2.24. The van der Waals surface area contributed by atoms with Crippen molar-refractivity contribution in [1.82, 2.24) is 4.90 Å². The second kappa shape index (κ2) is 9.30. The van der Waals surface area contributed by atoms with Crippen LogP contribution in [-0.4, -0.2) is 43.0 Å². The highest BCUT2D eigenvalue weighted by Crippen LogP contribution is 2.43. The van der Waals surface area contributed by atoms with Crippen LogP contribution >= 0.6 is 0 Å². The highest BCUT2D eigenvalue weighted by Gasteiger charge is 2.50. The Hall–Kier alpha value is -1.55. The molecule has 2 atom stereocenters. The van der Waals surface area contributed by atoms with E-state index in [9.17, 15) is 4.79 Å². The minimum absolute atomic E-state index is 0.194. The van der Waals surface area contributed by atoms with Gasteiger partial charge >= 0.3 is 0 Å². The normalized spacial score (nSPS) is 31.7. The van der Waals surface area contributed by atoms with Gasteiger partial charge in [0.15, 0.2) is 0 Å². The highest BCUT2D eigenvalue weighted by molar-refractivity contribution is 5.92. The molecule has 1 saturated carbocycles. The maximum absolute atomic E-state index is 12.8. The zero-order valence-corrected chi connectivity index (χ0v) is 19.3. The summed E-state index contributed by atoms with van der Waals surface area (Å²) in [6, 6.07) is 8.59. The number of rotatable bonds is 7. The van der Waals surface area contributed by atoms with E-state index in [-0.39, 0.29) is 17.4 Å². The predicted octanol–water partition coefficient (Wildman–Crippen LogP) is 5.54. The average molecular weight is 412 g/mol. The molecule has 1 aromatic rings. The molecule has 1 N–H and O–H groups in total. The summed E-state index contributed by atoms with van der Waals surface area (Å²) < 4.78 is 0. The van der Waals surface area contributed by atoms with Gasteiger partial charge in [-0.25, -0.2) is 0 Å². The van der Waals surface area contributed by atoms with Crippen molar-refractivity contribution in [2.24, 2.45) is 17.8 Å². The van der Waals surface area contributed by atoms with Crippen molar-refractivity contribution in [3.05, 3.63) is 24.3 Å². The van der Waals surface area contributed by atoms with Crippen molar-refractivity contribution >= 4 is 17.3 Å². The van der Waals surface area contributed by atoms with Gasteiger partial charge in [-0.15, -0.1) is 0 Å². The summed E-state index contributed by atoms with van der Waals surface area (Å²) >= 11 is 0. The molecule has 3 fully saturated rings. The van der Waals surface area contributed by atoms with Crippen LogP contribution in [0.4, 0.5) is 11.4 Å². The maximum Gasteiger partial charge on any atom is 0.227 e. The van der Waals surface area contributed by atoms with Crippen LogP contribution in [0.5, 0.6) is 0 Å². The van der Waals surface area contributed by atoms with Crippen molar-refractivity contribution in [2.45, 2.75) is 77.2 Å². The summed E-state index contributed by atoms with van der Waals surface area (Å²) in [5, 5.41) is 3.19. The van der Waals surface area contributed by atoms with E-state index >= 15 is 0 Å². The number of nitrogens with zero attached hydrogens (tertiary/aromatic N) is 2. The largest absolute Gasteiger partial charge is 0.364 e. The molecule has 2 heterocycles. The van der Waals surface area contributed by atoms with Gasteiger partial charge in [-0.3, -0.25) is 4.79 Å². The van der Waals surface area contributed by atoms with E-state index in [1.54, 1.807) is 0 Å². The lowest BCUT2D eigenvalue weighted by Crippen LogP contribution is -2.46. The molecular weight excluding hydrogens is 370 g/mol. The summed E-state index contributed by atoms with van der Waals surface area (Å²) in [5.74, 6) is 2.03. The standard InChI is InChI=1S/C26H41N3O/c1-4-5-6-7-20-8-10-21(11-9-20)25(30)27-23-12-14-24(15-13-23)29-17-16-22-18-28(3)19-26(22,29)2/h12-15,20-22H,4-11,16-19H2,1-3H3,(H,27,30)/t20?,21?,22?,26-/m1/s1. The molecule has 3 aliphatic rings. The molecule has 1 unspecified atom stereocenters. The molecule has 1 aliphatic carbocycles. The second-order valence-corrected chi connectivity index (χ2v) is 10.4. The zero-order valence-electron chi connectivity index (χ0n) is 19.3. The first-order chi connectivity index (χ1) is 14.5. The van der Waals surface area contributed by atoms with E-state index in [2.05, 4.69) is 60.3 Å². The van der Waals surface area contributed by atoms with Gasteiger partial charge in [0.1, 0.15) is 0 Å².